The number of carbonyl (C=O) groups is 1. The molecule has 0 saturated carbocycles. The molecule has 0 spiro atoms. The lowest BCUT2D eigenvalue weighted by atomic mass is 10.2. The number of pyridine rings is 1. The molecule has 1 aromatic carbocycles. The molecule has 1 fully saturated rings. The molecule has 1 aliphatic heterocycles. The van der Waals surface area contributed by atoms with Gasteiger partial charge in [0.15, 0.2) is 0 Å². The van der Waals surface area contributed by atoms with E-state index in [1.54, 1.807) is 24.4 Å². The number of benzene rings is 1. The van der Waals surface area contributed by atoms with Gasteiger partial charge in [0.05, 0.1) is 13.2 Å². The highest BCUT2D eigenvalue weighted by atomic mass is 35.5. The Balaban J connectivity index is 1.57. The maximum atomic E-state index is 12.5. The molecule has 2 N–H and O–H groups in total. The van der Waals surface area contributed by atoms with Crippen molar-refractivity contribution in [3.63, 3.8) is 0 Å². The van der Waals surface area contributed by atoms with Crippen molar-refractivity contribution in [2.45, 2.75) is 6.92 Å². The van der Waals surface area contributed by atoms with Crippen LogP contribution in [0.1, 0.15) is 16.1 Å². The third kappa shape index (κ3) is 5.17. The molecule has 2 heterocycles. The van der Waals surface area contributed by atoms with Crippen LogP contribution in [0.3, 0.4) is 0 Å². The second-order valence-electron chi connectivity index (χ2n) is 6.22. The zero-order valence-electron chi connectivity index (χ0n) is 14.8. The molecule has 1 amide bonds. The van der Waals surface area contributed by atoms with Gasteiger partial charge in [0.25, 0.3) is 5.91 Å². The highest BCUT2D eigenvalue weighted by Gasteiger charge is 2.12. The first-order valence-electron chi connectivity index (χ1n) is 8.69. The highest BCUT2D eigenvalue weighted by molar-refractivity contribution is 6.31. The Hall–Kier alpha value is -2.15. The number of nitrogens with zero attached hydrogens (tertiary/aromatic N) is 2. The van der Waals surface area contributed by atoms with Crippen molar-refractivity contribution in [1.29, 1.82) is 0 Å². The Morgan fingerprint density at radius 1 is 1.27 bits per heavy atom. The van der Waals surface area contributed by atoms with Crippen LogP contribution in [0.4, 0.5) is 11.4 Å². The van der Waals surface area contributed by atoms with Crippen molar-refractivity contribution in [3.05, 3.63) is 52.8 Å². The van der Waals surface area contributed by atoms with E-state index in [1.165, 1.54) is 0 Å². The van der Waals surface area contributed by atoms with Gasteiger partial charge in [0.1, 0.15) is 5.69 Å². The molecule has 0 radical (unpaired) electrons. The van der Waals surface area contributed by atoms with E-state index in [0.717, 1.165) is 50.6 Å². The number of aryl methyl sites for hydroxylation is 1. The van der Waals surface area contributed by atoms with Crippen molar-refractivity contribution >= 4 is 28.9 Å². The third-order valence-corrected chi connectivity index (χ3v) is 4.54. The summed E-state index contributed by atoms with van der Waals surface area (Å²) in [6.45, 7) is 7.18. The van der Waals surface area contributed by atoms with Crippen LogP contribution in [0.2, 0.25) is 5.02 Å². The predicted molar refractivity (Wildman–Crippen MR) is 104 cm³/mol. The van der Waals surface area contributed by atoms with Crippen molar-refractivity contribution in [2.75, 3.05) is 50.0 Å². The molecule has 138 valence electrons. The lowest BCUT2D eigenvalue weighted by Crippen LogP contribution is -2.39. The summed E-state index contributed by atoms with van der Waals surface area (Å²) in [6, 6.07) is 9.02. The molecule has 0 bridgehead atoms. The first kappa shape index (κ1) is 18.6. The summed E-state index contributed by atoms with van der Waals surface area (Å²) in [5, 5.41) is 6.80. The van der Waals surface area contributed by atoms with Crippen molar-refractivity contribution in [2.24, 2.45) is 0 Å². The highest BCUT2D eigenvalue weighted by Crippen LogP contribution is 2.21. The van der Waals surface area contributed by atoms with Crippen molar-refractivity contribution in [3.8, 4) is 0 Å². The minimum Gasteiger partial charge on any atom is -0.384 e. The second kappa shape index (κ2) is 8.98. The molecule has 1 aliphatic rings. The number of anilines is 2. The van der Waals surface area contributed by atoms with E-state index in [1.807, 2.05) is 19.1 Å². The maximum absolute atomic E-state index is 12.5. The van der Waals surface area contributed by atoms with E-state index in [9.17, 15) is 4.79 Å². The Morgan fingerprint density at radius 2 is 2.08 bits per heavy atom. The Kier molecular flexibility index (Phi) is 6.44. The fourth-order valence-electron chi connectivity index (χ4n) is 2.76. The molecular formula is C19H23ClN4O2. The van der Waals surface area contributed by atoms with Gasteiger partial charge in [-0.2, -0.15) is 0 Å². The van der Waals surface area contributed by atoms with Crippen LogP contribution < -0.4 is 10.6 Å². The van der Waals surface area contributed by atoms with Crippen LogP contribution in [0.25, 0.3) is 0 Å². The number of rotatable bonds is 6. The minimum absolute atomic E-state index is 0.257. The van der Waals surface area contributed by atoms with Crippen LogP contribution >= 0.6 is 11.6 Å². The monoisotopic (exact) mass is 374 g/mol. The molecule has 6 nitrogen and oxygen atoms in total. The van der Waals surface area contributed by atoms with Gasteiger partial charge in [0.2, 0.25) is 0 Å². The number of hydrogen-bond donors (Lipinski definition) is 2. The summed E-state index contributed by atoms with van der Waals surface area (Å²) in [7, 11) is 0. The van der Waals surface area contributed by atoms with E-state index < -0.39 is 0 Å². The van der Waals surface area contributed by atoms with E-state index in [2.05, 4.69) is 20.5 Å². The quantitative estimate of drug-likeness (QED) is 0.813. The van der Waals surface area contributed by atoms with E-state index in [4.69, 9.17) is 16.3 Å². The number of morpholine rings is 1. The SMILES string of the molecule is Cc1ccc(Cl)cc1NC(=O)c1cc(NCCN2CCOCC2)ccn1. The number of carbonyl (C=O) groups excluding carboxylic acids is 1. The standard InChI is InChI=1S/C19H23ClN4O2/c1-14-2-3-15(20)12-17(14)23-19(25)18-13-16(4-5-22-18)21-6-7-24-8-10-26-11-9-24/h2-5,12-13H,6-11H2,1H3,(H,21,22)(H,23,25). The molecule has 1 aromatic heterocycles. The molecule has 2 aromatic rings. The maximum Gasteiger partial charge on any atom is 0.274 e. The van der Waals surface area contributed by atoms with Crippen LogP contribution in [0, 0.1) is 6.92 Å². The lowest BCUT2D eigenvalue weighted by molar-refractivity contribution is 0.0398. The fourth-order valence-corrected chi connectivity index (χ4v) is 2.94. The number of ether oxygens (including phenoxy) is 1. The fraction of sp³-hybridized carbons (Fsp3) is 0.368. The number of hydrogen-bond acceptors (Lipinski definition) is 5. The number of aromatic nitrogens is 1. The first-order chi connectivity index (χ1) is 12.6. The number of halogens is 1. The average molecular weight is 375 g/mol. The predicted octanol–water partition coefficient (Wildman–Crippen LogP) is 3.04. The van der Waals surface area contributed by atoms with Gasteiger partial charge in [-0.3, -0.25) is 14.7 Å². The van der Waals surface area contributed by atoms with Gasteiger partial charge in [-0.05, 0) is 36.8 Å². The van der Waals surface area contributed by atoms with Crippen LogP contribution in [-0.4, -0.2) is 55.2 Å². The van der Waals surface area contributed by atoms with Crippen molar-refractivity contribution in [1.82, 2.24) is 9.88 Å². The molecule has 0 atom stereocenters. The van der Waals surface area contributed by atoms with E-state index in [-0.39, 0.29) is 5.91 Å². The normalized spacial score (nSPS) is 14.8. The molecule has 7 heteroatoms. The first-order valence-corrected chi connectivity index (χ1v) is 9.07. The van der Waals surface area contributed by atoms with Gasteiger partial charge in [-0.15, -0.1) is 0 Å². The summed E-state index contributed by atoms with van der Waals surface area (Å²) >= 11 is 6.00. The Bertz CT molecular complexity index is 763. The van der Waals surface area contributed by atoms with Crippen LogP contribution in [-0.2, 0) is 4.74 Å². The molecule has 0 aliphatic carbocycles. The number of amides is 1. The molecular weight excluding hydrogens is 352 g/mol. The summed E-state index contributed by atoms with van der Waals surface area (Å²) in [5.41, 5.74) is 2.87. The smallest absolute Gasteiger partial charge is 0.274 e. The van der Waals surface area contributed by atoms with Gasteiger partial charge in [-0.25, -0.2) is 0 Å². The third-order valence-electron chi connectivity index (χ3n) is 4.30. The van der Waals surface area contributed by atoms with Crippen LogP contribution in [0.15, 0.2) is 36.5 Å². The van der Waals surface area contributed by atoms with Crippen molar-refractivity contribution < 1.29 is 9.53 Å². The summed E-state index contributed by atoms with van der Waals surface area (Å²) < 4.78 is 5.35. The van der Waals surface area contributed by atoms with Gasteiger partial charge in [-0.1, -0.05) is 17.7 Å². The van der Waals surface area contributed by atoms with Gasteiger partial charge < -0.3 is 15.4 Å². The summed E-state index contributed by atoms with van der Waals surface area (Å²) in [5.74, 6) is -0.257. The molecule has 1 saturated heterocycles. The molecule has 0 unspecified atom stereocenters. The summed E-state index contributed by atoms with van der Waals surface area (Å²) in [4.78, 5) is 19.0. The Labute approximate surface area is 158 Å². The number of nitrogens with one attached hydrogen (secondary N) is 2. The van der Waals surface area contributed by atoms with E-state index >= 15 is 0 Å². The van der Waals surface area contributed by atoms with Gasteiger partial charge in [0, 0.05) is 48.8 Å². The molecule has 26 heavy (non-hydrogen) atoms. The average Bonchev–Trinajstić information content (AvgIpc) is 2.66. The van der Waals surface area contributed by atoms with Crippen LogP contribution in [0.5, 0.6) is 0 Å². The largest absolute Gasteiger partial charge is 0.384 e. The second-order valence-corrected chi connectivity index (χ2v) is 6.66. The van der Waals surface area contributed by atoms with Gasteiger partial charge >= 0.3 is 0 Å². The Morgan fingerprint density at radius 3 is 2.88 bits per heavy atom. The lowest BCUT2D eigenvalue weighted by Gasteiger charge is -2.26. The zero-order chi connectivity index (χ0) is 18.4. The zero-order valence-corrected chi connectivity index (χ0v) is 15.6. The summed E-state index contributed by atoms with van der Waals surface area (Å²) in [6.07, 6.45) is 1.64. The minimum atomic E-state index is -0.257. The van der Waals surface area contributed by atoms with E-state index in [0.29, 0.717) is 16.4 Å². The molecule has 3 rings (SSSR count). The topological polar surface area (TPSA) is 66.5 Å².